The molecule has 1 aliphatic heterocycles. The normalized spacial score (nSPS) is 18.4. The molecule has 1 saturated heterocycles. The molecule has 4 heteroatoms. The molecule has 1 N–H and O–H groups in total. The van der Waals surface area contributed by atoms with Crippen LogP contribution in [0.2, 0.25) is 0 Å². The van der Waals surface area contributed by atoms with Crippen molar-refractivity contribution < 1.29 is 4.39 Å². The van der Waals surface area contributed by atoms with Crippen LogP contribution < -0.4 is 5.32 Å². The van der Waals surface area contributed by atoms with Crippen molar-refractivity contribution in [3.8, 4) is 0 Å². The molecule has 0 bridgehead atoms. The van der Waals surface area contributed by atoms with Gasteiger partial charge in [-0.2, -0.15) is 0 Å². The van der Waals surface area contributed by atoms with Gasteiger partial charge in [0.05, 0.1) is 0 Å². The van der Waals surface area contributed by atoms with Crippen LogP contribution in [0.15, 0.2) is 30.3 Å². The smallest absolute Gasteiger partial charge is 0.125 e. The van der Waals surface area contributed by atoms with Crippen LogP contribution in [-0.4, -0.2) is 23.1 Å². The van der Waals surface area contributed by atoms with E-state index in [0.717, 1.165) is 48.7 Å². The zero-order valence-electron chi connectivity index (χ0n) is 11.6. The minimum Gasteiger partial charge on any atom is -0.316 e. The molecule has 3 rings (SSSR count). The number of hydrogen-bond donors (Lipinski definition) is 1. The van der Waals surface area contributed by atoms with Crippen molar-refractivity contribution in [3.05, 3.63) is 58.9 Å². The average Bonchev–Trinajstić information content (AvgIpc) is 2.95. The summed E-state index contributed by atoms with van der Waals surface area (Å²) in [5.41, 5.74) is 3.20. The van der Waals surface area contributed by atoms with Crippen LogP contribution in [-0.2, 0) is 6.42 Å². The van der Waals surface area contributed by atoms with E-state index in [0.29, 0.717) is 5.92 Å². The molecular formula is C16H18FN3. The number of aromatic nitrogens is 2. The van der Waals surface area contributed by atoms with Gasteiger partial charge in [-0.3, -0.25) is 0 Å². The van der Waals surface area contributed by atoms with Crippen molar-refractivity contribution in [1.29, 1.82) is 0 Å². The van der Waals surface area contributed by atoms with Crippen molar-refractivity contribution in [2.24, 2.45) is 0 Å². The lowest BCUT2D eigenvalue weighted by molar-refractivity contribution is 0.627. The fourth-order valence-electron chi connectivity index (χ4n) is 2.67. The van der Waals surface area contributed by atoms with E-state index in [1.165, 1.54) is 12.1 Å². The monoisotopic (exact) mass is 271 g/mol. The Hall–Kier alpha value is -1.81. The van der Waals surface area contributed by atoms with Crippen molar-refractivity contribution in [2.75, 3.05) is 13.1 Å². The summed E-state index contributed by atoms with van der Waals surface area (Å²) in [7, 11) is 0. The second kappa shape index (κ2) is 5.67. The number of aryl methyl sites for hydroxylation is 1. The molecule has 2 heterocycles. The minimum atomic E-state index is -0.203. The van der Waals surface area contributed by atoms with E-state index in [1.54, 1.807) is 0 Å². The number of nitrogens with one attached hydrogen (secondary N) is 1. The highest BCUT2D eigenvalue weighted by atomic mass is 19.1. The average molecular weight is 271 g/mol. The van der Waals surface area contributed by atoms with E-state index in [1.807, 2.05) is 19.1 Å². The Morgan fingerprint density at radius 1 is 1.25 bits per heavy atom. The van der Waals surface area contributed by atoms with Crippen LogP contribution in [0.25, 0.3) is 0 Å². The summed E-state index contributed by atoms with van der Waals surface area (Å²) in [6.45, 7) is 3.98. The van der Waals surface area contributed by atoms with E-state index in [4.69, 9.17) is 0 Å². The Balaban J connectivity index is 1.83. The molecule has 0 radical (unpaired) electrons. The van der Waals surface area contributed by atoms with Gasteiger partial charge < -0.3 is 5.32 Å². The zero-order valence-corrected chi connectivity index (χ0v) is 11.6. The summed E-state index contributed by atoms with van der Waals surface area (Å²) in [6.07, 6.45) is 1.85. The minimum absolute atomic E-state index is 0.203. The molecule has 0 unspecified atom stereocenters. The van der Waals surface area contributed by atoms with E-state index in [2.05, 4.69) is 21.4 Å². The number of nitrogens with zero attached hydrogens (tertiary/aromatic N) is 2. The molecule has 104 valence electrons. The third-order valence-corrected chi connectivity index (χ3v) is 3.69. The Morgan fingerprint density at radius 2 is 2.05 bits per heavy atom. The predicted octanol–water partition coefficient (Wildman–Crippen LogP) is 2.59. The van der Waals surface area contributed by atoms with E-state index >= 15 is 0 Å². The highest BCUT2D eigenvalue weighted by Crippen LogP contribution is 2.21. The van der Waals surface area contributed by atoms with Gasteiger partial charge in [0, 0.05) is 30.3 Å². The third kappa shape index (κ3) is 3.02. The summed E-state index contributed by atoms with van der Waals surface area (Å²) < 4.78 is 12.9. The van der Waals surface area contributed by atoms with Gasteiger partial charge in [0.2, 0.25) is 0 Å². The van der Waals surface area contributed by atoms with Gasteiger partial charge in [0.25, 0.3) is 0 Å². The molecule has 1 atom stereocenters. The molecule has 0 saturated carbocycles. The highest BCUT2D eigenvalue weighted by molar-refractivity contribution is 5.25. The Labute approximate surface area is 118 Å². The maximum atomic E-state index is 12.9. The molecule has 1 aliphatic rings. The largest absolute Gasteiger partial charge is 0.316 e. The number of hydrogen-bond acceptors (Lipinski definition) is 3. The summed E-state index contributed by atoms with van der Waals surface area (Å²) in [5.74, 6) is 1.10. The van der Waals surface area contributed by atoms with Crippen molar-refractivity contribution in [1.82, 2.24) is 15.3 Å². The molecule has 0 amide bonds. The van der Waals surface area contributed by atoms with Gasteiger partial charge in [-0.05, 0) is 43.7 Å². The van der Waals surface area contributed by atoms with Crippen molar-refractivity contribution in [3.63, 3.8) is 0 Å². The summed E-state index contributed by atoms with van der Waals surface area (Å²) >= 11 is 0. The molecule has 3 nitrogen and oxygen atoms in total. The van der Waals surface area contributed by atoms with Gasteiger partial charge in [0.15, 0.2) is 0 Å². The number of halogens is 1. The standard InChI is InChI=1S/C16H18FN3/c1-11-19-15(8-12-2-4-14(17)5-3-12)9-16(20-11)13-6-7-18-10-13/h2-5,9,13,18H,6-8,10H2,1H3/t13-/m0/s1. The van der Waals surface area contributed by atoms with Gasteiger partial charge in [0.1, 0.15) is 11.6 Å². The summed E-state index contributed by atoms with van der Waals surface area (Å²) in [4.78, 5) is 9.06. The van der Waals surface area contributed by atoms with Crippen LogP contribution in [0.3, 0.4) is 0 Å². The predicted molar refractivity (Wildman–Crippen MR) is 76.2 cm³/mol. The third-order valence-electron chi connectivity index (χ3n) is 3.69. The van der Waals surface area contributed by atoms with Crippen LogP contribution in [0, 0.1) is 12.7 Å². The molecule has 2 aromatic rings. The summed E-state index contributed by atoms with van der Waals surface area (Å²) in [5, 5.41) is 3.36. The molecule has 0 spiro atoms. The first-order valence-corrected chi connectivity index (χ1v) is 7.00. The quantitative estimate of drug-likeness (QED) is 0.932. The Morgan fingerprint density at radius 3 is 2.75 bits per heavy atom. The van der Waals surface area contributed by atoms with Crippen LogP contribution in [0.5, 0.6) is 0 Å². The first kappa shape index (κ1) is 13.2. The van der Waals surface area contributed by atoms with Gasteiger partial charge in [-0.1, -0.05) is 12.1 Å². The lowest BCUT2D eigenvalue weighted by atomic mass is 10.0. The molecule has 0 aliphatic carbocycles. The van der Waals surface area contributed by atoms with Crippen LogP contribution >= 0.6 is 0 Å². The molecular weight excluding hydrogens is 253 g/mol. The fourth-order valence-corrected chi connectivity index (χ4v) is 2.67. The van der Waals surface area contributed by atoms with Gasteiger partial charge in [-0.25, -0.2) is 14.4 Å². The van der Waals surface area contributed by atoms with E-state index < -0.39 is 0 Å². The Kier molecular flexibility index (Phi) is 3.74. The highest BCUT2D eigenvalue weighted by Gasteiger charge is 2.19. The van der Waals surface area contributed by atoms with Gasteiger partial charge >= 0.3 is 0 Å². The zero-order chi connectivity index (χ0) is 13.9. The first-order chi connectivity index (χ1) is 9.70. The lowest BCUT2D eigenvalue weighted by Gasteiger charge is -2.11. The topological polar surface area (TPSA) is 37.8 Å². The first-order valence-electron chi connectivity index (χ1n) is 7.00. The SMILES string of the molecule is Cc1nc(Cc2ccc(F)cc2)cc([C@H]2CCNC2)n1. The molecule has 1 aromatic heterocycles. The van der Waals surface area contributed by atoms with Crippen LogP contribution in [0.4, 0.5) is 4.39 Å². The van der Waals surface area contributed by atoms with Gasteiger partial charge in [-0.15, -0.1) is 0 Å². The van der Waals surface area contributed by atoms with E-state index in [9.17, 15) is 4.39 Å². The van der Waals surface area contributed by atoms with Crippen molar-refractivity contribution in [2.45, 2.75) is 25.7 Å². The number of rotatable bonds is 3. The van der Waals surface area contributed by atoms with Crippen molar-refractivity contribution >= 4 is 0 Å². The Bertz CT molecular complexity index is 589. The molecule has 1 aromatic carbocycles. The fraction of sp³-hybridized carbons (Fsp3) is 0.375. The second-order valence-corrected chi connectivity index (χ2v) is 5.32. The number of benzene rings is 1. The maximum absolute atomic E-state index is 12.9. The molecule has 20 heavy (non-hydrogen) atoms. The molecule has 1 fully saturated rings. The summed E-state index contributed by atoms with van der Waals surface area (Å²) in [6, 6.07) is 8.69. The van der Waals surface area contributed by atoms with E-state index in [-0.39, 0.29) is 5.82 Å². The lowest BCUT2D eigenvalue weighted by Crippen LogP contribution is -2.10. The maximum Gasteiger partial charge on any atom is 0.125 e. The van der Waals surface area contributed by atoms with Crippen LogP contribution in [0.1, 0.15) is 35.1 Å². The second-order valence-electron chi connectivity index (χ2n) is 5.32.